The van der Waals surface area contributed by atoms with Crippen molar-refractivity contribution in [1.82, 2.24) is 0 Å². The molecule has 0 fully saturated rings. The van der Waals surface area contributed by atoms with Gasteiger partial charge in [-0.25, -0.2) is 4.39 Å². The molecule has 5 heteroatoms. The topological polar surface area (TPSA) is 45.0 Å². The van der Waals surface area contributed by atoms with Crippen molar-refractivity contribution in [2.45, 2.75) is 6.04 Å². The van der Waals surface area contributed by atoms with Crippen LogP contribution in [0.15, 0.2) is 42.5 Å². The molecule has 0 aliphatic heterocycles. The first-order valence-electron chi connectivity index (χ1n) is 5.90. The first kappa shape index (κ1) is 14.2. The second-order valence-electron chi connectivity index (χ2n) is 4.04. The molecule has 0 aromatic heterocycles. The van der Waals surface area contributed by atoms with E-state index in [9.17, 15) is 9.65 Å². The Kier molecular flexibility index (Phi) is 4.44. The van der Waals surface area contributed by atoms with Crippen LogP contribution in [0.5, 0.6) is 5.75 Å². The Labute approximate surface area is 121 Å². The molecule has 3 nitrogen and oxygen atoms in total. The Bertz CT molecular complexity index is 634. The SMILES string of the molecule is COc1ccccc1NC(C#N)c1c(F)cccc1Cl. The number of nitriles is 1. The number of methoxy groups -OCH3 is 1. The maximum atomic E-state index is 13.9. The van der Waals surface area contributed by atoms with Crippen molar-refractivity contribution in [3.63, 3.8) is 0 Å². The van der Waals surface area contributed by atoms with Crippen molar-refractivity contribution in [3.05, 3.63) is 58.9 Å². The van der Waals surface area contributed by atoms with Gasteiger partial charge in [0.1, 0.15) is 17.6 Å². The number of anilines is 1. The van der Waals surface area contributed by atoms with E-state index in [4.69, 9.17) is 16.3 Å². The van der Waals surface area contributed by atoms with E-state index < -0.39 is 11.9 Å². The third kappa shape index (κ3) is 2.84. The van der Waals surface area contributed by atoms with Gasteiger partial charge in [-0.2, -0.15) is 5.26 Å². The third-order valence-electron chi connectivity index (χ3n) is 2.82. The van der Waals surface area contributed by atoms with Crippen molar-refractivity contribution in [2.24, 2.45) is 0 Å². The Morgan fingerprint density at radius 3 is 2.65 bits per heavy atom. The fourth-order valence-corrected chi connectivity index (χ4v) is 2.15. The van der Waals surface area contributed by atoms with Crippen LogP contribution in [0.1, 0.15) is 11.6 Å². The first-order chi connectivity index (χ1) is 9.67. The standard InChI is InChI=1S/C15H12ClFN2O/c1-20-14-8-3-2-7-12(14)19-13(9-18)15-10(16)5-4-6-11(15)17/h2-8,13,19H,1H3. The molecule has 0 heterocycles. The molecule has 0 amide bonds. The molecule has 0 radical (unpaired) electrons. The van der Waals surface area contributed by atoms with E-state index in [1.807, 2.05) is 12.1 Å². The number of halogens is 2. The molecule has 1 unspecified atom stereocenters. The molecule has 0 saturated carbocycles. The lowest BCUT2D eigenvalue weighted by Gasteiger charge is -2.17. The number of hydrogen-bond acceptors (Lipinski definition) is 3. The lowest BCUT2D eigenvalue weighted by atomic mass is 10.1. The predicted molar refractivity (Wildman–Crippen MR) is 76.4 cm³/mol. The van der Waals surface area contributed by atoms with Gasteiger partial charge in [0.2, 0.25) is 0 Å². The predicted octanol–water partition coefficient (Wildman–Crippen LogP) is 4.16. The van der Waals surface area contributed by atoms with Crippen LogP contribution in [0.4, 0.5) is 10.1 Å². The number of hydrogen-bond donors (Lipinski definition) is 1. The molecule has 102 valence electrons. The van der Waals surface area contributed by atoms with Gasteiger partial charge in [-0.1, -0.05) is 29.8 Å². The van der Waals surface area contributed by atoms with Crippen LogP contribution in [0.25, 0.3) is 0 Å². The fraction of sp³-hybridized carbons (Fsp3) is 0.133. The molecule has 0 bridgehead atoms. The molecule has 0 aliphatic rings. The van der Waals surface area contributed by atoms with Gasteiger partial charge < -0.3 is 10.1 Å². The smallest absolute Gasteiger partial charge is 0.144 e. The van der Waals surface area contributed by atoms with E-state index in [0.717, 1.165) is 0 Å². The number of ether oxygens (including phenoxy) is 1. The van der Waals surface area contributed by atoms with E-state index in [0.29, 0.717) is 11.4 Å². The molecule has 0 aliphatic carbocycles. The van der Waals surface area contributed by atoms with Crippen LogP contribution in [-0.2, 0) is 0 Å². The molecule has 2 aromatic carbocycles. The first-order valence-corrected chi connectivity index (χ1v) is 6.28. The van der Waals surface area contributed by atoms with Gasteiger partial charge in [0.05, 0.1) is 18.9 Å². The van der Waals surface area contributed by atoms with Crippen LogP contribution < -0.4 is 10.1 Å². The summed E-state index contributed by atoms with van der Waals surface area (Å²) in [4.78, 5) is 0. The van der Waals surface area contributed by atoms with E-state index in [-0.39, 0.29) is 10.6 Å². The average Bonchev–Trinajstić information content (AvgIpc) is 2.46. The lowest BCUT2D eigenvalue weighted by Crippen LogP contribution is -2.11. The molecule has 1 atom stereocenters. The summed E-state index contributed by atoms with van der Waals surface area (Å²) in [6, 6.07) is 12.5. The maximum absolute atomic E-state index is 13.9. The van der Waals surface area contributed by atoms with Crippen molar-refractivity contribution >= 4 is 17.3 Å². The van der Waals surface area contributed by atoms with Crippen LogP contribution in [0.2, 0.25) is 5.02 Å². The minimum absolute atomic E-state index is 0.127. The van der Waals surface area contributed by atoms with E-state index in [1.165, 1.54) is 19.2 Å². The summed E-state index contributed by atoms with van der Waals surface area (Å²) >= 11 is 5.98. The summed E-state index contributed by atoms with van der Waals surface area (Å²) in [5.74, 6) is 0.0478. The second kappa shape index (κ2) is 6.27. The highest BCUT2D eigenvalue weighted by molar-refractivity contribution is 6.31. The number of rotatable bonds is 4. The number of para-hydroxylation sites is 2. The summed E-state index contributed by atoms with van der Waals surface area (Å²) in [6.45, 7) is 0. The summed E-state index contributed by atoms with van der Waals surface area (Å²) in [7, 11) is 1.53. The normalized spacial score (nSPS) is 11.5. The summed E-state index contributed by atoms with van der Waals surface area (Å²) < 4.78 is 19.1. The van der Waals surface area contributed by atoms with E-state index in [2.05, 4.69) is 5.32 Å². The molecule has 20 heavy (non-hydrogen) atoms. The molecule has 2 aromatic rings. The van der Waals surface area contributed by atoms with Crippen LogP contribution >= 0.6 is 11.6 Å². The van der Waals surface area contributed by atoms with Gasteiger partial charge in [-0.15, -0.1) is 0 Å². The van der Waals surface area contributed by atoms with E-state index >= 15 is 0 Å². The van der Waals surface area contributed by atoms with Gasteiger partial charge in [-0.3, -0.25) is 0 Å². The lowest BCUT2D eigenvalue weighted by molar-refractivity contribution is 0.416. The molecule has 1 N–H and O–H groups in total. The molecule has 0 spiro atoms. The monoisotopic (exact) mass is 290 g/mol. The number of nitrogens with zero attached hydrogens (tertiary/aromatic N) is 1. The Hall–Kier alpha value is -2.25. The van der Waals surface area contributed by atoms with Crippen molar-refractivity contribution in [2.75, 3.05) is 12.4 Å². The van der Waals surface area contributed by atoms with Crippen molar-refractivity contribution in [1.29, 1.82) is 5.26 Å². The molecule has 0 saturated heterocycles. The number of benzene rings is 2. The van der Waals surface area contributed by atoms with Crippen LogP contribution in [-0.4, -0.2) is 7.11 Å². The summed E-state index contributed by atoms with van der Waals surface area (Å²) in [5, 5.41) is 12.4. The van der Waals surface area contributed by atoms with Crippen LogP contribution in [0.3, 0.4) is 0 Å². The highest BCUT2D eigenvalue weighted by Crippen LogP contribution is 2.31. The van der Waals surface area contributed by atoms with Gasteiger partial charge in [-0.05, 0) is 24.3 Å². The zero-order chi connectivity index (χ0) is 14.5. The van der Waals surface area contributed by atoms with Gasteiger partial charge in [0, 0.05) is 10.6 Å². The van der Waals surface area contributed by atoms with Crippen LogP contribution in [0, 0.1) is 17.1 Å². The molecular weight excluding hydrogens is 279 g/mol. The molecular formula is C15H12ClFN2O. The van der Waals surface area contributed by atoms with E-state index in [1.54, 1.807) is 24.3 Å². The minimum atomic E-state index is -0.903. The Balaban J connectivity index is 2.37. The van der Waals surface area contributed by atoms with Gasteiger partial charge in [0.25, 0.3) is 0 Å². The van der Waals surface area contributed by atoms with Gasteiger partial charge in [0.15, 0.2) is 0 Å². The Morgan fingerprint density at radius 2 is 2.00 bits per heavy atom. The third-order valence-corrected chi connectivity index (χ3v) is 3.15. The second-order valence-corrected chi connectivity index (χ2v) is 4.45. The summed E-state index contributed by atoms with van der Waals surface area (Å²) in [6.07, 6.45) is 0. The Morgan fingerprint density at radius 1 is 1.25 bits per heavy atom. The molecule has 2 rings (SSSR count). The average molecular weight is 291 g/mol. The quantitative estimate of drug-likeness (QED) is 0.919. The van der Waals surface area contributed by atoms with Crippen molar-refractivity contribution < 1.29 is 9.13 Å². The highest BCUT2D eigenvalue weighted by atomic mass is 35.5. The number of nitrogens with one attached hydrogen (secondary N) is 1. The van der Waals surface area contributed by atoms with Gasteiger partial charge >= 0.3 is 0 Å². The maximum Gasteiger partial charge on any atom is 0.144 e. The fourth-order valence-electron chi connectivity index (χ4n) is 1.87. The zero-order valence-electron chi connectivity index (χ0n) is 10.7. The highest BCUT2D eigenvalue weighted by Gasteiger charge is 2.19. The zero-order valence-corrected chi connectivity index (χ0v) is 11.5. The summed E-state index contributed by atoms with van der Waals surface area (Å²) in [5.41, 5.74) is 0.725. The van der Waals surface area contributed by atoms with Crippen molar-refractivity contribution in [3.8, 4) is 11.8 Å². The minimum Gasteiger partial charge on any atom is -0.495 e. The largest absolute Gasteiger partial charge is 0.495 e.